The lowest BCUT2D eigenvalue weighted by molar-refractivity contribution is -0.288. The first kappa shape index (κ1) is 43.9. The predicted octanol–water partition coefficient (Wildman–Crippen LogP) is 12.4. The number of hydrogen-bond acceptors (Lipinski definition) is 6. The Morgan fingerprint density at radius 1 is 0.435 bits per heavy atom. The molecule has 69 heavy (non-hydrogen) atoms. The molecular formula is C53H36F6N6O4. The smallest absolute Gasteiger partial charge is 0.411 e. The lowest BCUT2D eigenvalue weighted by Crippen LogP contribution is -2.54. The second-order valence-electron chi connectivity index (χ2n) is 16.5. The van der Waals surface area contributed by atoms with Gasteiger partial charge >= 0.3 is 12.4 Å². The molecule has 2 amide bonds. The molecule has 0 saturated heterocycles. The predicted molar refractivity (Wildman–Crippen MR) is 255 cm³/mol. The second kappa shape index (κ2) is 16.2. The van der Waals surface area contributed by atoms with Crippen LogP contribution in [0.1, 0.15) is 31.8 Å². The van der Waals surface area contributed by atoms with E-state index in [1.54, 1.807) is 36.4 Å². The van der Waals surface area contributed by atoms with E-state index in [1.807, 2.05) is 81.9 Å². The molecule has 10 aromatic rings. The number of aromatic hydroxyl groups is 2. The van der Waals surface area contributed by atoms with Crippen LogP contribution < -0.4 is 22.1 Å². The van der Waals surface area contributed by atoms with Gasteiger partial charge in [0, 0.05) is 55.4 Å². The largest absolute Gasteiger partial charge is 0.506 e. The standard InChI is InChI=1S/C53H36F6N6O4/c54-52(55,56)51(53(57,58)59,31-13-21-47(66)41(25-31)62-49(68)29-11-17-43-37(23-29)39-27-33(60)15-19-45(39)64(43)35-7-3-1-4-8-35)32-14-22-48(67)42(26-32)63-50(69)30-12-18-44-38(24-30)40-28-34(61)16-20-46(40)65(44)36-9-5-2-6-10-36/h1-28,66-67H,60-61H2,(H,62,68)(H,63,69). The average molecular weight is 935 g/mol. The van der Waals surface area contributed by atoms with E-state index in [0.29, 0.717) is 80.4 Å². The first-order valence-electron chi connectivity index (χ1n) is 21.2. The maximum atomic E-state index is 15.6. The topological polar surface area (TPSA) is 161 Å². The number of nitrogens with zero attached hydrogens (tertiary/aromatic N) is 2. The van der Waals surface area contributed by atoms with Gasteiger partial charge in [0.15, 0.2) is 0 Å². The number of carbonyl (C=O) groups excluding carboxylic acids is 2. The third kappa shape index (κ3) is 7.24. The molecule has 0 unspecified atom stereocenters. The van der Waals surface area contributed by atoms with Gasteiger partial charge in [-0.05, 0) is 132 Å². The first-order valence-corrected chi connectivity index (χ1v) is 21.2. The van der Waals surface area contributed by atoms with Gasteiger partial charge in [0.2, 0.25) is 5.41 Å². The molecule has 16 heteroatoms. The zero-order valence-corrected chi connectivity index (χ0v) is 35.7. The minimum absolute atomic E-state index is 0.0381. The number of phenols is 2. The number of nitrogen functional groups attached to an aromatic ring is 2. The van der Waals surface area contributed by atoms with Crippen LogP contribution in [0.5, 0.6) is 11.5 Å². The van der Waals surface area contributed by atoms with E-state index in [9.17, 15) is 19.8 Å². The number of anilines is 4. The summed E-state index contributed by atoms with van der Waals surface area (Å²) in [5.41, 5.74) is 8.27. The molecule has 8 N–H and O–H groups in total. The van der Waals surface area contributed by atoms with Crippen LogP contribution in [0.2, 0.25) is 0 Å². The van der Waals surface area contributed by atoms with E-state index >= 15 is 26.3 Å². The number of carbonyl (C=O) groups is 2. The SMILES string of the molecule is Nc1ccc2c(c1)c1cc(C(=O)Nc3cc(C(c4ccc(O)c(NC(=O)c5ccc6c(c5)c5cc(N)ccc5n6-c5ccccc5)c4)(C(F)(F)F)C(F)(F)F)ccc3O)ccc1n2-c1ccccc1. The van der Waals surface area contributed by atoms with E-state index in [0.717, 1.165) is 22.4 Å². The Labute approximate surface area is 387 Å². The fourth-order valence-electron chi connectivity index (χ4n) is 9.18. The summed E-state index contributed by atoms with van der Waals surface area (Å²) in [4.78, 5) is 27.7. The van der Waals surface area contributed by atoms with Crippen molar-refractivity contribution in [2.24, 2.45) is 0 Å². The van der Waals surface area contributed by atoms with Gasteiger partial charge in [-0.1, -0.05) is 48.5 Å². The zero-order valence-electron chi connectivity index (χ0n) is 35.7. The summed E-state index contributed by atoms with van der Waals surface area (Å²) in [5.74, 6) is -3.58. The normalized spacial score (nSPS) is 12.3. The maximum Gasteiger partial charge on any atom is 0.411 e. The average Bonchev–Trinajstić information content (AvgIpc) is 3.81. The molecular weight excluding hydrogens is 899 g/mol. The van der Waals surface area contributed by atoms with E-state index < -0.39 is 63.6 Å². The Balaban J connectivity index is 1.01. The number of rotatable bonds is 8. The van der Waals surface area contributed by atoms with Crippen molar-refractivity contribution in [3.05, 3.63) is 192 Å². The number of nitrogens with one attached hydrogen (secondary N) is 2. The molecule has 0 saturated carbocycles. The van der Waals surface area contributed by atoms with Crippen LogP contribution in [0.25, 0.3) is 55.0 Å². The lowest BCUT2D eigenvalue weighted by atomic mass is 9.72. The van der Waals surface area contributed by atoms with Gasteiger partial charge in [-0.2, -0.15) is 26.3 Å². The van der Waals surface area contributed by atoms with Gasteiger partial charge in [0.05, 0.1) is 33.4 Å². The number of fused-ring (bicyclic) bond motifs is 6. The third-order valence-corrected chi connectivity index (χ3v) is 12.3. The molecule has 0 aliphatic heterocycles. The molecule has 10 nitrogen and oxygen atoms in total. The molecule has 0 radical (unpaired) electrons. The molecule has 0 aliphatic carbocycles. The highest BCUT2D eigenvalue weighted by Crippen LogP contribution is 2.57. The number of benzene rings is 8. The molecule has 0 spiro atoms. The fourth-order valence-corrected chi connectivity index (χ4v) is 9.18. The van der Waals surface area contributed by atoms with Crippen molar-refractivity contribution in [3.8, 4) is 22.9 Å². The van der Waals surface area contributed by atoms with Crippen LogP contribution in [0.15, 0.2) is 170 Å². The third-order valence-electron chi connectivity index (χ3n) is 12.3. The Bertz CT molecular complexity index is 3460. The Kier molecular flexibility index (Phi) is 10.3. The van der Waals surface area contributed by atoms with E-state index in [1.165, 1.54) is 24.3 Å². The molecule has 0 atom stereocenters. The second-order valence-corrected chi connectivity index (χ2v) is 16.5. The van der Waals surface area contributed by atoms with Crippen molar-refractivity contribution < 1.29 is 46.1 Å². The van der Waals surface area contributed by atoms with Crippen LogP contribution in [-0.2, 0) is 5.41 Å². The van der Waals surface area contributed by atoms with Crippen LogP contribution in [0.4, 0.5) is 49.1 Å². The number of halogens is 6. The highest BCUT2D eigenvalue weighted by atomic mass is 19.4. The van der Waals surface area contributed by atoms with Crippen LogP contribution >= 0.6 is 0 Å². The number of nitrogens with two attached hydrogens (primary N) is 2. The quantitative estimate of drug-likeness (QED) is 0.0505. The molecule has 0 bridgehead atoms. The molecule has 8 aromatic carbocycles. The summed E-state index contributed by atoms with van der Waals surface area (Å²) in [5, 5.41) is 28.8. The minimum atomic E-state index is -6.14. The number of amides is 2. The summed E-state index contributed by atoms with van der Waals surface area (Å²) in [7, 11) is 0. The number of para-hydroxylation sites is 2. The van der Waals surface area contributed by atoms with Gasteiger partial charge in [-0.15, -0.1) is 0 Å². The Morgan fingerprint density at radius 2 is 0.783 bits per heavy atom. The number of aromatic nitrogens is 2. The number of phenolic OH excluding ortho intramolecular Hbond substituents is 2. The van der Waals surface area contributed by atoms with Crippen molar-refractivity contribution in [2.75, 3.05) is 22.1 Å². The molecule has 0 aliphatic rings. The molecule has 344 valence electrons. The van der Waals surface area contributed by atoms with Gasteiger partial charge < -0.3 is 41.4 Å². The number of alkyl halides is 6. The summed E-state index contributed by atoms with van der Waals surface area (Å²) < 4.78 is 97.4. The van der Waals surface area contributed by atoms with Gasteiger partial charge in [-0.3, -0.25) is 9.59 Å². The van der Waals surface area contributed by atoms with Crippen LogP contribution in [0.3, 0.4) is 0 Å². The van der Waals surface area contributed by atoms with Crippen molar-refractivity contribution in [2.45, 2.75) is 17.8 Å². The molecule has 0 fully saturated rings. The highest BCUT2D eigenvalue weighted by molar-refractivity contribution is 6.15. The molecule has 2 heterocycles. The summed E-state index contributed by atoms with van der Waals surface area (Å²) in [6.45, 7) is 0. The number of hydrogen-bond donors (Lipinski definition) is 6. The summed E-state index contributed by atoms with van der Waals surface area (Å²) in [6.07, 6.45) is -12.3. The Morgan fingerprint density at radius 3 is 1.14 bits per heavy atom. The zero-order chi connectivity index (χ0) is 48.6. The van der Waals surface area contributed by atoms with Crippen molar-refractivity contribution in [3.63, 3.8) is 0 Å². The van der Waals surface area contributed by atoms with Crippen molar-refractivity contribution >= 4 is 78.2 Å². The molecule has 2 aromatic heterocycles. The van der Waals surface area contributed by atoms with E-state index in [-0.39, 0.29) is 11.1 Å². The van der Waals surface area contributed by atoms with E-state index in [4.69, 9.17) is 11.5 Å². The van der Waals surface area contributed by atoms with Gasteiger partial charge in [0.1, 0.15) is 11.5 Å². The Hall–Kier alpha value is -8.92. The minimum Gasteiger partial charge on any atom is -0.506 e. The van der Waals surface area contributed by atoms with Crippen LogP contribution in [0, 0.1) is 0 Å². The lowest BCUT2D eigenvalue weighted by Gasteiger charge is -2.38. The van der Waals surface area contributed by atoms with Crippen molar-refractivity contribution in [1.82, 2.24) is 9.13 Å². The van der Waals surface area contributed by atoms with Crippen molar-refractivity contribution in [1.29, 1.82) is 0 Å². The van der Waals surface area contributed by atoms with Gasteiger partial charge in [0.25, 0.3) is 11.8 Å². The molecule has 10 rings (SSSR count). The summed E-state index contributed by atoms with van der Waals surface area (Å²) >= 11 is 0. The first-order chi connectivity index (χ1) is 32.9. The fraction of sp³-hybridized carbons (Fsp3) is 0.0566. The van der Waals surface area contributed by atoms with E-state index in [2.05, 4.69) is 10.6 Å². The van der Waals surface area contributed by atoms with Crippen LogP contribution in [-0.4, -0.2) is 43.5 Å². The summed E-state index contributed by atoms with van der Waals surface area (Å²) in [6, 6.07) is 41.2. The van der Waals surface area contributed by atoms with Gasteiger partial charge in [-0.25, -0.2) is 0 Å². The maximum absolute atomic E-state index is 15.6. The monoisotopic (exact) mass is 934 g/mol. The highest BCUT2D eigenvalue weighted by Gasteiger charge is 2.72.